The summed E-state index contributed by atoms with van der Waals surface area (Å²) >= 11 is 3.73. The van der Waals surface area contributed by atoms with E-state index in [1.807, 2.05) is 0 Å². The van der Waals surface area contributed by atoms with Gasteiger partial charge in [-0.1, -0.05) is 43.6 Å². The highest BCUT2D eigenvalue weighted by molar-refractivity contribution is 9.10. The van der Waals surface area contributed by atoms with Crippen LogP contribution in [0.2, 0.25) is 0 Å². The lowest BCUT2D eigenvalue weighted by molar-refractivity contribution is 0.316. The van der Waals surface area contributed by atoms with E-state index in [4.69, 9.17) is 9.79 Å². The monoisotopic (exact) mass is 300 g/mol. The standard InChI is InChI=1S/C10H22BrO3P/c1-8(2)10(11,9(3)4)6-5-7-15(12,13)14/h8-9H,5-7H2,1-4H3,(H2,12,13,14). The molecule has 0 atom stereocenters. The van der Waals surface area contributed by atoms with Crippen molar-refractivity contribution in [3.8, 4) is 0 Å². The van der Waals surface area contributed by atoms with E-state index in [1.165, 1.54) is 0 Å². The maximum absolute atomic E-state index is 10.7. The molecule has 0 rings (SSSR count). The predicted molar refractivity (Wildman–Crippen MR) is 67.5 cm³/mol. The fourth-order valence-electron chi connectivity index (χ4n) is 1.80. The number of hydrogen-bond acceptors (Lipinski definition) is 1. The Kier molecular flexibility index (Phi) is 6.05. The van der Waals surface area contributed by atoms with Crippen LogP contribution in [0.25, 0.3) is 0 Å². The summed E-state index contributed by atoms with van der Waals surface area (Å²) in [7, 11) is -3.83. The van der Waals surface area contributed by atoms with E-state index in [1.54, 1.807) is 0 Å². The van der Waals surface area contributed by atoms with Gasteiger partial charge in [0, 0.05) is 10.5 Å². The van der Waals surface area contributed by atoms with Gasteiger partial charge in [0.25, 0.3) is 0 Å². The van der Waals surface area contributed by atoms with E-state index in [9.17, 15) is 4.57 Å². The van der Waals surface area contributed by atoms with Crippen LogP contribution in [-0.2, 0) is 4.57 Å². The Hall–Kier alpha value is 0.630. The summed E-state index contributed by atoms with van der Waals surface area (Å²) < 4.78 is 10.7. The Morgan fingerprint density at radius 3 is 1.87 bits per heavy atom. The second-order valence-electron chi connectivity index (χ2n) is 4.73. The van der Waals surface area contributed by atoms with Gasteiger partial charge in [0.15, 0.2) is 0 Å². The zero-order chi connectivity index (χ0) is 12.3. The lowest BCUT2D eigenvalue weighted by Crippen LogP contribution is -2.34. The van der Waals surface area contributed by atoms with Gasteiger partial charge in [-0.05, 0) is 24.7 Å². The third-order valence-corrected chi connectivity index (χ3v) is 6.06. The summed E-state index contributed by atoms with van der Waals surface area (Å²) in [6.07, 6.45) is 1.35. The first-order valence-electron chi connectivity index (χ1n) is 5.33. The zero-order valence-electron chi connectivity index (χ0n) is 9.90. The van der Waals surface area contributed by atoms with Crippen molar-refractivity contribution in [2.24, 2.45) is 11.8 Å². The summed E-state index contributed by atoms with van der Waals surface area (Å²) in [6.45, 7) is 8.52. The van der Waals surface area contributed by atoms with Crippen LogP contribution in [0.1, 0.15) is 40.5 Å². The van der Waals surface area contributed by atoms with Crippen LogP contribution in [0.3, 0.4) is 0 Å². The predicted octanol–water partition coefficient (Wildman–Crippen LogP) is 3.39. The molecule has 0 aromatic carbocycles. The average molecular weight is 301 g/mol. The van der Waals surface area contributed by atoms with Crippen molar-refractivity contribution < 1.29 is 14.4 Å². The van der Waals surface area contributed by atoms with Gasteiger partial charge in [0.1, 0.15) is 0 Å². The summed E-state index contributed by atoms with van der Waals surface area (Å²) in [5, 5.41) is 0. The minimum Gasteiger partial charge on any atom is -0.324 e. The molecule has 0 spiro atoms. The molecule has 0 saturated heterocycles. The molecule has 0 bridgehead atoms. The molecule has 0 saturated carbocycles. The summed E-state index contributed by atoms with van der Waals surface area (Å²) in [5.74, 6) is 0.906. The Morgan fingerprint density at radius 1 is 1.20 bits per heavy atom. The molecule has 15 heavy (non-hydrogen) atoms. The van der Waals surface area contributed by atoms with Gasteiger partial charge in [0.2, 0.25) is 0 Å². The van der Waals surface area contributed by atoms with Gasteiger partial charge in [-0.15, -0.1) is 0 Å². The van der Waals surface area contributed by atoms with E-state index in [-0.39, 0.29) is 10.5 Å². The topological polar surface area (TPSA) is 57.5 Å². The molecule has 0 radical (unpaired) electrons. The molecule has 0 aliphatic heterocycles. The highest BCUT2D eigenvalue weighted by Crippen LogP contribution is 2.42. The maximum atomic E-state index is 10.7. The largest absolute Gasteiger partial charge is 0.325 e. The van der Waals surface area contributed by atoms with Crippen molar-refractivity contribution in [2.45, 2.75) is 44.9 Å². The molecule has 5 heteroatoms. The van der Waals surface area contributed by atoms with Crippen molar-refractivity contribution in [3.63, 3.8) is 0 Å². The maximum Gasteiger partial charge on any atom is 0.325 e. The summed E-state index contributed by atoms with van der Waals surface area (Å²) in [4.78, 5) is 17.6. The fourth-order valence-corrected chi connectivity index (χ4v) is 2.65. The first-order chi connectivity index (χ1) is 6.59. The van der Waals surface area contributed by atoms with E-state index >= 15 is 0 Å². The van der Waals surface area contributed by atoms with Gasteiger partial charge in [-0.2, -0.15) is 0 Å². The van der Waals surface area contributed by atoms with E-state index in [2.05, 4.69) is 43.6 Å². The molecular formula is C10H22BrO3P. The summed E-state index contributed by atoms with van der Waals surface area (Å²) in [5.41, 5.74) is 0. The minimum absolute atomic E-state index is 0.0117. The van der Waals surface area contributed by atoms with Crippen LogP contribution in [-0.4, -0.2) is 20.3 Å². The Morgan fingerprint density at radius 2 is 1.60 bits per heavy atom. The molecule has 2 N–H and O–H groups in total. The third kappa shape index (κ3) is 5.48. The average Bonchev–Trinajstić information content (AvgIpc) is 2.00. The number of hydrogen-bond donors (Lipinski definition) is 2. The third-order valence-electron chi connectivity index (χ3n) is 2.93. The highest BCUT2D eigenvalue weighted by Gasteiger charge is 2.34. The van der Waals surface area contributed by atoms with Crippen molar-refractivity contribution in [1.82, 2.24) is 0 Å². The van der Waals surface area contributed by atoms with Gasteiger partial charge < -0.3 is 9.79 Å². The van der Waals surface area contributed by atoms with Crippen molar-refractivity contribution in [3.05, 3.63) is 0 Å². The van der Waals surface area contributed by atoms with Crippen molar-refractivity contribution in [1.29, 1.82) is 0 Å². The first kappa shape index (κ1) is 15.6. The molecule has 0 aliphatic rings. The van der Waals surface area contributed by atoms with E-state index in [0.717, 1.165) is 6.42 Å². The molecule has 0 aliphatic carbocycles. The lowest BCUT2D eigenvalue weighted by Gasteiger charge is -2.36. The number of halogens is 1. The quantitative estimate of drug-likeness (QED) is 0.584. The molecule has 0 fully saturated rings. The molecule has 0 unspecified atom stereocenters. The molecule has 0 heterocycles. The Bertz CT molecular complexity index is 227. The molecule has 92 valence electrons. The SMILES string of the molecule is CC(C)C(Br)(CCCP(=O)(O)O)C(C)C. The van der Waals surface area contributed by atoms with Crippen LogP contribution in [0, 0.1) is 11.8 Å². The molecule has 0 aromatic heterocycles. The van der Waals surface area contributed by atoms with Crippen LogP contribution < -0.4 is 0 Å². The summed E-state index contributed by atoms with van der Waals surface area (Å²) in [6, 6.07) is 0. The van der Waals surface area contributed by atoms with E-state index < -0.39 is 7.60 Å². The van der Waals surface area contributed by atoms with Gasteiger partial charge >= 0.3 is 7.60 Å². The van der Waals surface area contributed by atoms with E-state index in [0.29, 0.717) is 18.3 Å². The Balaban J connectivity index is 4.27. The van der Waals surface area contributed by atoms with Gasteiger partial charge in [-0.25, -0.2) is 0 Å². The van der Waals surface area contributed by atoms with Crippen molar-refractivity contribution in [2.75, 3.05) is 6.16 Å². The first-order valence-corrected chi connectivity index (χ1v) is 7.92. The highest BCUT2D eigenvalue weighted by atomic mass is 79.9. The lowest BCUT2D eigenvalue weighted by atomic mass is 9.82. The minimum atomic E-state index is -3.83. The van der Waals surface area contributed by atoms with Gasteiger partial charge in [-0.3, -0.25) is 4.57 Å². The fraction of sp³-hybridized carbons (Fsp3) is 1.00. The molecule has 0 aromatic rings. The smallest absolute Gasteiger partial charge is 0.324 e. The zero-order valence-corrected chi connectivity index (χ0v) is 12.4. The number of rotatable bonds is 6. The second kappa shape index (κ2) is 5.81. The van der Waals surface area contributed by atoms with Gasteiger partial charge in [0.05, 0.1) is 0 Å². The van der Waals surface area contributed by atoms with Crippen molar-refractivity contribution >= 4 is 23.5 Å². The van der Waals surface area contributed by atoms with Crippen LogP contribution >= 0.6 is 23.5 Å². The van der Waals surface area contributed by atoms with Crippen LogP contribution in [0.15, 0.2) is 0 Å². The molecule has 0 amide bonds. The van der Waals surface area contributed by atoms with Crippen LogP contribution in [0.4, 0.5) is 0 Å². The molecule has 3 nitrogen and oxygen atoms in total. The normalized spacial score (nSPS) is 13.9. The molecular weight excluding hydrogens is 279 g/mol. The number of alkyl halides is 1. The second-order valence-corrected chi connectivity index (χ2v) is 7.98. The Labute approximate surface area is 101 Å². The van der Waals surface area contributed by atoms with Crippen LogP contribution in [0.5, 0.6) is 0 Å².